The van der Waals surface area contributed by atoms with Crippen molar-refractivity contribution in [3.63, 3.8) is 0 Å². The Hall–Kier alpha value is -3.12. The van der Waals surface area contributed by atoms with Gasteiger partial charge in [-0.05, 0) is 49.6 Å². The molecule has 0 bridgehead atoms. The van der Waals surface area contributed by atoms with Crippen LogP contribution in [0.25, 0.3) is 11.0 Å². The van der Waals surface area contributed by atoms with Crippen LogP contribution < -0.4 is 10.4 Å². The van der Waals surface area contributed by atoms with E-state index in [-0.39, 0.29) is 11.5 Å². The number of nitrogens with zero attached hydrogens (tertiary/aromatic N) is 2. The molecule has 32 heavy (non-hydrogen) atoms. The number of fused-ring (bicyclic) bond motifs is 1. The van der Waals surface area contributed by atoms with Gasteiger partial charge < -0.3 is 14.1 Å². The van der Waals surface area contributed by atoms with Crippen LogP contribution in [0.4, 0.5) is 0 Å². The molecule has 0 atom stereocenters. The predicted octanol–water partition coefficient (Wildman–Crippen LogP) is 3.57. The van der Waals surface area contributed by atoms with Crippen molar-refractivity contribution >= 4 is 16.9 Å². The summed E-state index contributed by atoms with van der Waals surface area (Å²) >= 11 is 0. The molecule has 2 heterocycles. The number of amides is 1. The number of piperazine rings is 1. The molecule has 6 heteroatoms. The highest BCUT2D eigenvalue weighted by Crippen LogP contribution is 2.21. The van der Waals surface area contributed by atoms with E-state index in [4.69, 9.17) is 9.15 Å². The van der Waals surface area contributed by atoms with Crippen molar-refractivity contribution in [1.82, 2.24) is 9.80 Å². The second-order valence-corrected chi connectivity index (χ2v) is 8.38. The zero-order valence-electron chi connectivity index (χ0n) is 18.8. The molecule has 3 aromatic rings. The van der Waals surface area contributed by atoms with E-state index in [9.17, 15) is 9.59 Å². The number of aryl methyl sites for hydroxylation is 2. The first-order chi connectivity index (χ1) is 15.5. The molecular weight excluding hydrogens is 404 g/mol. The molecule has 1 aliphatic heterocycles. The van der Waals surface area contributed by atoms with Gasteiger partial charge in [0, 0.05) is 50.1 Å². The van der Waals surface area contributed by atoms with Crippen LogP contribution in [-0.4, -0.2) is 55.0 Å². The van der Waals surface area contributed by atoms with E-state index >= 15 is 0 Å². The van der Waals surface area contributed by atoms with E-state index in [0.717, 1.165) is 41.9 Å². The van der Waals surface area contributed by atoms with Gasteiger partial charge in [0.25, 0.3) is 0 Å². The number of carbonyl (C=O) groups excluding carboxylic acids is 1. The van der Waals surface area contributed by atoms with Gasteiger partial charge in [-0.2, -0.15) is 0 Å². The molecule has 0 spiro atoms. The van der Waals surface area contributed by atoms with Crippen LogP contribution in [0.5, 0.6) is 5.75 Å². The Morgan fingerprint density at radius 3 is 2.53 bits per heavy atom. The third-order valence-corrected chi connectivity index (χ3v) is 6.18. The van der Waals surface area contributed by atoms with Crippen molar-refractivity contribution in [3.8, 4) is 5.75 Å². The van der Waals surface area contributed by atoms with Crippen LogP contribution in [0.1, 0.15) is 23.1 Å². The third-order valence-electron chi connectivity index (χ3n) is 6.18. The Morgan fingerprint density at radius 1 is 1.03 bits per heavy atom. The summed E-state index contributed by atoms with van der Waals surface area (Å²) in [5.74, 6) is 0.970. The minimum Gasteiger partial charge on any atom is -0.492 e. The first-order valence-corrected chi connectivity index (χ1v) is 11.2. The Morgan fingerprint density at radius 2 is 1.78 bits per heavy atom. The van der Waals surface area contributed by atoms with Gasteiger partial charge in [-0.3, -0.25) is 9.69 Å². The van der Waals surface area contributed by atoms with Gasteiger partial charge in [-0.15, -0.1) is 0 Å². The van der Waals surface area contributed by atoms with Crippen LogP contribution in [0, 0.1) is 13.8 Å². The maximum Gasteiger partial charge on any atom is 0.339 e. The zero-order chi connectivity index (χ0) is 22.5. The molecule has 0 saturated carbocycles. The summed E-state index contributed by atoms with van der Waals surface area (Å²) in [6.07, 6.45) is 0.724. The minimum absolute atomic E-state index is 0.0907. The van der Waals surface area contributed by atoms with Crippen molar-refractivity contribution in [2.24, 2.45) is 0 Å². The van der Waals surface area contributed by atoms with Crippen molar-refractivity contribution < 1.29 is 13.9 Å². The molecule has 1 saturated heterocycles. The summed E-state index contributed by atoms with van der Waals surface area (Å²) in [5.41, 5.74) is 2.83. The smallest absolute Gasteiger partial charge is 0.339 e. The maximum absolute atomic E-state index is 12.8. The standard InChI is InChI=1S/C26H30N2O4/c1-19-8-9-22-20(2)23(26(30)32-24(22)18-19)10-11-25(29)28-14-12-27(13-15-28)16-17-31-21-6-4-3-5-7-21/h3-9,18H,10-17H2,1-2H3. The normalized spacial score (nSPS) is 14.6. The van der Waals surface area contributed by atoms with Gasteiger partial charge >= 0.3 is 5.63 Å². The maximum atomic E-state index is 12.8. The molecule has 1 aliphatic rings. The van der Waals surface area contributed by atoms with Crippen LogP contribution in [0.2, 0.25) is 0 Å². The summed E-state index contributed by atoms with van der Waals surface area (Å²) in [5, 5.41) is 0.934. The molecule has 6 nitrogen and oxygen atoms in total. The second kappa shape index (κ2) is 10.0. The number of para-hydroxylation sites is 1. The Balaban J connectivity index is 1.26. The summed E-state index contributed by atoms with van der Waals surface area (Å²) in [6.45, 7) is 8.45. The van der Waals surface area contributed by atoms with Crippen molar-refractivity contribution in [2.75, 3.05) is 39.3 Å². The van der Waals surface area contributed by atoms with E-state index < -0.39 is 0 Å². The monoisotopic (exact) mass is 434 g/mol. The fourth-order valence-electron chi connectivity index (χ4n) is 4.21. The van der Waals surface area contributed by atoms with Gasteiger partial charge in [-0.1, -0.05) is 30.3 Å². The highest BCUT2D eigenvalue weighted by atomic mass is 16.5. The van der Waals surface area contributed by atoms with Crippen LogP contribution in [-0.2, 0) is 11.2 Å². The number of hydrogen-bond donors (Lipinski definition) is 0. The number of hydrogen-bond acceptors (Lipinski definition) is 5. The van der Waals surface area contributed by atoms with E-state index in [1.54, 1.807) is 0 Å². The molecular formula is C26H30N2O4. The van der Waals surface area contributed by atoms with Gasteiger partial charge in [-0.25, -0.2) is 4.79 Å². The zero-order valence-corrected chi connectivity index (χ0v) is 18.8. The third kappa shape index (κ3) is 5.19. The average Bonchev–Trinajstić information content (AvgIpc) is 2.79. The number of carbonyl (C=O) groups is 1. The molecule has 4 rings (SSSR count). The van der Waals surface area contributed by atoms with Gasteiger partial charge in [0.15, 0.2) is 0 Å². The molecule has 1 fully saturated rings. The molecule has 0 aliphatic carbocycles. The fourth-order valence-corrected chi connectivity index (χ4v) is 4.21. The van der Waals surface area contributed by atoms with Crippen LogP contribution in [0.15, 0.2) is 57.7 Å². The van der Waals surface area contributed by atoms with Gasteiger partial charge in [0.1, 0.15) is 17.9 Å². The van der Waals surface area contributed by atoms with Gasteiger partial charge in [0.2, 0.25) is 5.91 Å². The number of benzene rings is 2. The molecule has 0 N–H and O–H groups in total. The topological polar surface area (TPSA) is 63.0 Å². The summed E-state index contributed by atoms with van der Waals surface area (Å²) in [6, 6.07) is 15.7. The highest BCUT2D eigenvalue weighted by molar-refractivity contribution is 5.82. The van der Waals surface area contributed by atoms with Crippen LogP contribution >= 0.6 is 0 Å². The first kappa shape index (κ1) is 22.1. The minimum atomic E-state index is -0.336. The SMILES string of the molecule is Cc1ccc2c(C)c(CCC(=O)N3CCN(CCOc4ccccc4)CC3)c(=O)oc2c1. The quantitative estimate of drug-likeness (QED) is 0.532. The van der Waals surface area contributed by atoms with E-state index in [0.29, 0.717) is 43.7 Å². The average molecular weight is 435 g/mol. The first-order valence-electron chi connectivity index (χ1n) is 11.2. The molecule has 1 aromatic heterocycles. The lowest BCUT2D eigenvalue weighted by Gasteiger charge is -2.34. The van der Waals surface area contributed by atoms with Crippen molar-refractivity contribution in [3.05, 3.63) is 75.6 Å². The number of rotatable bonds is 7. The molecule has 2 aromatic carbocycles. The fraction of sp³-hybridized carbons (Fsp3) is 0.385. The number of ether oxygens (including phenoxy) is 1. The van der Waals surface area contributed by atoms with E-state index in [2.05, 4.69) is 4.90 Å². The summed E-state index contributed by atoms with van der Waals surface area (Å²) in [4.78, 5) is 29.5. The molecule has 0 radical (unpaired) electrons. The lowest BCUT2D eigenvalue weighted by molar-refractivity contribution is -0.132. The largest absolute Gasteiger partial charge is 0.492 e. The van der Waals surface area contributed by atoms with E-state index in [1.165, 1.54) is 0 Å². The molecule has 168 valence electrons. The molecule has 0 unspecified atom stereocenters. The predicted molar refractivity (Wildman–Crippen MR) is 125 cm³/mol. The Bertz CT molecular complexity index is 1130. The van der Waals surface area contributed by atoms with Crippen molar-refractivity contribution in [2.45, 2.75) is 26.7 Å². The van der Waals surface area contributed by atoms with E-state index in [1.807, 2.05) is 67.3 Å². The van der Waals surface area contributed by atoms with Gasteiger partial charge in [0.05, 0.1) is 0 Å². The second-order valence-electron chi connectivity index (χ2n) is 8.38. The van der Waals surface area contributed by atoms with Crippen LogP contribution in [0.3, 0.4) is 0 Å². The summed E-state index contributed by atoms with van der Waals surface area (Å²) in [7, 11) is 0. The highest BCUT2D eigenvalue weighted by Gasteiger charge is 2.22. The Labute approximate surface area is 188 Å². The van der Waals surface area contributed by atoms with Crippen molar-refractivity contribution in [1.29, 1.82) is 0 Å². The molecule has 1 amide bonds. The summed E-state index contributed by atoms with van der Waals surface area (Å²) < 4.78 is 11.3. The lowest BCUT2D eigenvalue weighted by atomic mass is 10.0. The Kier molecular flexibility index (Phi) is 6.90. The lowest BCUT2D eigenvalue weighted by Crippen LogP contribution is -2.49.